The Morgan fingerprint density at radius 2 is 1.79 bits per heavy atom. The largest absolute Gasteiger partial charge is 0.272 e. The van der Waals surface area contributed by atoms with Gasteiger partial charge in [-0.25, -0.2) is 9.67 Å². The first-order chi connectivity index (χ1) is 14.1. The predicted molar refractivity (Wildman–Crippen MR) is 114 cm³/mol. The number of thioether (sulfide) groups is 1. The van der Waals surface area contributed by atoms with Crippen LogP contribution in [0.3, 0.4) is 0 Å². The van der Waals surface area contributed by atoms with E-state index in [1.54, 1.807) is 24.3 Å². The van der Waals surface area contributed by atoms with E-state index in [2.05, 4.69) is 36.9 Å². The summed E-state index contributed by atoms with van der Waals surface area (Å²) in [6.07, 6.45) is 2.22. The fourth-order valence-corrected chi connectivity index (χ4v) is 3.59. The molecule has 2 amide bonds. The molecule has 0 bridgehead atoms. The van der Waals surface area contributed by atoms with Crippen molar-refractivity contribution in [1.82, 2.24) is 25.6 Å². The summed E-state index contributed by atoms with van der Waals surface area (Å²) in [5.74, 6) is 0.755. The van der Waals surface area contributed by atoms with Gasteiger partial charge in [0.05, 0.1) is 11.4 Å². The lowest BCUT2D eigenvalue weighted by atomic mass is 10.2. The van der Waals surface area contributed by atoms with Gasteiger partial charge in [-0.05, 0) is 49.2 Å². The maximum Gasteiger partial charge on any atom is 0.269 e. The van der Waals surface area contributed by atoms with E-state index in [4.69, 9.17) is 0 Å². The fraction of sp³-hybridized carbons (Fsp3) is 0.200. The lowest BCUT2D eigenvalue weighted by molar-refractivity contribution is -0.119. The minimum absolute atomic E-state index is 0.101. The maximum absolute atomic E-state index is 12.1. The Morgan fingerprint density at radius 3 is 2.48 bits per heavy atom. The summed E-state index contributed by atoms with van der Waals surface area (Å²) in [7, 11) is 0. The Labute approximate surface area is 180 Å². The number of rotatable bonds is 6. The Morgan fingerprint density at radius 1 is 1.07 bits per heavy atom. The second-order valence-electron chi connectivity index (χ2n) is 6.57. The molecule has 1 aromatic heterocycles. The van der Waals surface area contributed by atoms with Crippen LogP contribution in [0.2, 0.25) is 0 Å². The first kappa shape index (κ1) is 19.7. The normalized spacial score (nSPS) is 13.1. The number of carbonyl (C=O) groups excluding carboxylic acids is 2. The molecule has 2 N–H and O–H groups in total. The van der Waals surface area contributed by atoms with E-state index in [1.807, 2.05) is 35.0 Å². The first-order valence-electron chi connectivity index (χ1n) is 9.10. The van der Waals surface area contributed by atoms with E-state index in [0.29, 0.717) is 16.6 Å². The average molecular weight is 472 g/mol. The highest BCUT2D eigenvalue weighted by molar-refractivity contribution is 9.10. The molecule has 1 aliphatic carbocycles. The van der Waals surface area contributed by atoms with Crippen LogP contribution < -0.4 is 10.9 Å². The molecule has 1 heterocycles. The third-order valence-electron chi connectivity index (χ3n) is 4.31. The lowest BCUT2D eigenvalue weighted by Gasteiger charge is -2.06. The molecule has 7 nitrogen and oxygen atoms in total. The number of nitrogens with one attached hydrogen (secondary N) is 2. The van der Waals surface area contributed by atoms with Gasteiger partial charge in [0.15, 0.2) is 0 Å². The van der Waals surface area contributed by atoms with E-state index in [-0.39, 0.29) is 17.6 Å². The van der Waals surface area contributed by atoms with Crippen LogP contribution in [0.5, 0.6) is 0 Å². The van der Waals surface area contributed by atoms with Gasteiger partial charge in [-0.3, -0.25) is 20.4 Å². The van der Waals surface area contributed by atoms with Crippen molar-refractivity contribution in [2.45, 2.75) is 23.9 Å². The van der Waals surface area contributed by atoms with Gasteiger partial charge in [-0.15, -0.1) is 5.10 Å². The highest BCUT2D eigenvalue weighted by Crippen LogP contribution is 2.40. The van der Waals surface area contributed by atoms with Crippen LogP contribution in [0.25, 0.3) is 5.69 Å². The van der Waals surface area contributed by atoms with Crippen LogP contribution in [0.1, 0.15) is 34.9 Å². The molecule has 29 heavy (non-hydrogen) atoms. The first-order valence-corrected chi connectivity index (χ1v) is 10.9. The smallest absolute Gasteiger partial charge is 0.269 e. The summed E-state index contributed by atoms with van der Waals surface area (Å²) in [4.78, 5) is 28.8. The van der Waals surface area contributed by atoms with Gasteiger partial charge in [0.25, 0.3) is 5.91 Å². The van der Waals surface area contributed by atoms with Gasteiger partial charge in [-0.1, -0.05) is 45.9 Å². The Bertz CT molecular complexity index is 1020. The number of carbonyl (C=O) groups is 2. The third kappa shape index (κ3) is 5.04. The van der Waals surface area contributed by atoms with E-state index >= 15 is 0 Å². The standard InChI is InChI=1S/C20H18BrN5O2S/c21-15-10-8-14(9-11-15)19(28)24-23-17(27)12-29-20-22-18(13-6-7-13)26(25-20)16-4-2-1-3-5-16/h1-5,8-11,13H,6-7,12H2,(H,23,27)(H,24,28). The van der Waals surface area contributed by atoms with Crippen LogP contribution in [0, 0.1) is 0 Å². The average Bonchev–Trinajstić information content (AvgIpc) is 3.51. The zero-order chi connectivity index (χ0) is 20.2. The topological polar surface area (TPSA) is 88.9 Å². The Balaban J connectivity index is 1.33. The fourth-order valence-electron chi connectivity index (χ4n) is 2.70. The molecule has 1 saturated carbocycles. The minimum Gasteiger partial charge on any atom is -0.272 e. The van der Waals surface area contributed by atoms with Crippen molar-refractivity contribution < 1.29 is 9.59 Å². The number of halogens is 1. The van der Waals surface area contributed by atoms with Gasteiger partial charge in [0.2, 0.25) is 11.1 Å². The molecular weight excluding hydrogens is 454 g/mol. The van der Waals surface area contributed by atoms with Crippen LogP contribution >= 0.6 is 27.7 Å². The summed E-state index contributed by atoms with van der Waals surface area (Å²) in [5.41, 5.74) is 6.25. The van der Waals surface area contributed by atoms with Crippen molar-refractivity contribution in [1.29, 1.82) is 0 Å². The molecule has 0 atom stereocenters. The molecule has 1 aliphatic rings. The molecular formula is C20H18BrN5O2S. The number of para-hydroxylation sites is 1. The predicted octanol–water partition coefficient (Wildman–Crippen LogP) is 3.46. The van der Waals surface area contributed by atoms with Crippen LogP contribution in [0.4, 0.5) is 0 Å². The van der Waals surface area contributed by atoms with Gasteiger partial charge < -0.3 is 0 Å². The Kier molecular flexibility index (Phi) is 5.96. The van der Waals surface area contributed by atoms with Gasteiger partial charge in [-0.2, -0.15) is 0 Å². The summed E-state index contributed by atoms with van der Waals surface area (Å²) in [5, 5.41) is 5.11. The van der Waals surface area contributed by atoms with Crippen molar-refractivity contribution in [3.05, 3.63) is 70.5 Å². The highest BCUT2D eigenvalue weighted by Gasteiger charge is 2.30. The van der Waals surface area contributed by atoms with Crippen LogP contribution in [0.15, 0.2) is 64.2 Å². The zero-order valence-electron chi connectivity index (χ0n) is 15.3. The molecule has 0 radical (unpaired) electrons. The number of hydrazine groups is 1. The second kappa shape index (κ2) is 8.79. The lowest BCUT2D eigenvalue weighted by Crippen LogP contribution is -2.42. The van der Waals surface area contributed by atoms with Gasteiger partial charge >= 0.3 is 0 Å². The van der Waals surface area contributed by atoms with Gasteiger partial charge in [0.1, 0.15) is 5.82 Å². The summed E-state index contributed by atoms with van der Waals surface area (Å²) < 4.78 is 2.73. The molecule has 9 heteroatoms. The van der Waals surface area contributed by atoms with E-state index in [1.165, 1.54) is 11.8 Å². The number of hydrogen-bond acceptors (Lipinski definition) is 5. The molecule has 0 unspecified atom stereocenters. The number of amides is 2. The third-order valence-corrected chi connectivity index (χ3v) is 5.68. The highest BCUT2D eigenvalue weighted by atomic mass is 79.9. The van der Waals surface area contributed by atoms with Gasteiger partial charge in [0, 0.05) is 16.0 Å². The Hall–Kier alpha value is -2.65. The second-order valence-corrected chi connectivity index (χ2v) is 8.43. The summed E-state index contributed by atoms with van der Waals surface area (Å²) in [6.45, 7) is 0. The van der Waals surface area contributed by atoms with Crippen LogP contribution in [-0.2, 0) is 4.79 Å². The summed E-state index contributed by atoms with van der Waals surface area (Å²) >= 11 is 4.56. The molecule has 148 valence electrons. The maximum atomic E-state index is 12.1. The number of benzene rings is 2. The van der Waals surface area contributed by atoms with E-state index in [0.717, 1.165) is 28.8 Å². The van der Waals surface area contributed by atoms with Crippen LogP contribution in [-0.4, -0.2) is 32.3 Å². The minimum atomic E-state index is -0.377. The van der Waals surface area contributed by atoms with E-state index < -0.39 is 0 Å². The van der Waals surface area contributed by atoms with Crippen molar-refractivity contribution in [3.8, 4) is 5.69 Å². The molecule has 0 aliphatic heterocycles. The molecule has 0 saturated heterocycles. The summed E-state index contributed by atoms with van der Waals surface area (Å²) in [6, 6.07) is 16.7. The zero-order valence-corrected chi connectivity index (χ0v) is 17.7. The van der Waals surface area contributed by atoms with E-state index in [9.17, 15) is 9.59 Å². The molecule has 3 aromatic rings. The molecule has 4 rings (SSSR count). The number of aromatic nitrogens is 3. The molecule has 0 spiro atoms. The van der Waals surface area contributed by atoms with Crippen molar-refractivity contribution in [2.24, 2.45) is 0 Å². The van der Waals surface area contributed by atoms with Crippen molar-refractivity contribution in [3.63, 3.8) is 0 Å². The van der Waals surface area contributed by atoms with Crippen molar-refractivity contribution in [2.75, 3.05) is 5.75 Å². The molecule has 1 fully saturated rings. The quantitative estimate of drug-likeness (QED) is 0.424. The number of nitrogens with zero attached hydrogens (tertiary/aromatic N) is 3. The number of hydrogen-bond donors (Lipinski definition) is 2. The molecule has 2 aromatic carbocycles. The van der Waals surface area contributed by atoms with Crippen molar-refractivity contribution >= 4 is 39.5 Å². The monoisotopic (exact) mass is 471 g/mol. The SMILES string of the molecule is O=C(CSc1nc(C2CC2)n(-c2ccccc2)n1)NNC(=O)c1ccc(Br)cc1.